The number of hydrogen-bond acceptors (Lipinski definition) is 4. The Morgan fingerprint density at radius 2 is 1.78 bits per heavy atom. The van der Waals surface area contributed by atoms with Crippen molar-refractivity contribution in [2.45, 2.75) is 19.4 Å². The zero-order chi connectivity index (χ0) is 19.1. The molecule has 6 nitrogen and oxygen atoms in total. The largest absolute Gasteiger partial charge is 0.378 e. The van der Waals surface area contributed by atoms with Crippen molar-refractivity contribution < 1.29 is 14.3 Å². The maximum Gasteiger partial charge on any atom is 0.224 e. The van der Waals surface area contributed by atoms with Crippen LogP contribution < -0.4 is 0 Å². The highest BCUT2D eigenvalue weighted by Crippen LogP contribution is 2.14. The van der Waals surface area contributed by atoms with Crippen molar-refractivity contribution in [1.29, 1.82) is 0 Å². The van der Waals surface area contributed by atoms with E-state index in [-0.39, 0.29) is 17.9 Å². The SMILES string of the molecule is CC(=O)N1CCN(C(=O)CC2COCCN2C/C=C/c2ccccc2)CC1. The maximum absolute atomic E-state index is 12.7. The fourth-order valence-electron chi connectivity index (χ4n) is 3.61. The average Bonchev–Trinajstić information content (AvgIpc) is 2.70. The molecule has 2 heterocycles. The van der Waals surface area contributed by atoms with Crippen LogP contribution in [0.2, 0.25) is 0 Å². The number of carbonyl (C=O) groups excluding carboxylic acids is 2. The van der Waals surface area contributed by atoms with Gasteiger partial charge in [-0.1, -0.05) is 42.5 Å². The lowest BCUT2D eigenvalue weighted by molar-refractivity contribution is -0.140. The Morgan fingerprint density at radius 3 is 2.48 bits per heavy atom. The summed E-state index contributed by atoms with van der Waals surface area (Å²) in [5.74, 6) is 0.241. The van der Waals surface area contributed by atoms with Crippen molar-refractivity contribution in [3.63, 3.8) is 0 Å². The van der Waals surface area contributed by atoms with Crippen LogP contribution in [0.15, 0.2) is 36.4 Å². The van der Waals surface area contributed by atoms with Crippen LogP contribution in [0.25, 0.3) is 6.08 Å². The van der Waals surface area contributed by atoms with Crippen molar-refractivity contribution in [3.8, 4) is 0 Å². The van der Waals surface area contributed by atoms with E-state index in [0.29, 0.717) is 45.8 Å². The van der Waals surface area contributed by atoms with Crippen molar-refractivity contribution >= 4 is 17.9 Å². The van der Waals surface area contributed by atoms with Crippen LogP contribution in [-0.2, 0) is 14.3 Å². The van der Waals surface area contributed by atoms with Crippen molar-refractivity contribution in [1.82, 2.24) is 14.7 Å². The zero-order valence-corrected chi connectivity index (χ0v) is 16.0. The highest BCUT2D eigenvalue weighted by molar-refractivity contribution is 5.78. The quantitative estimate of drug-likeness (QED) is 0.787. The second-order valence-corrected chi connectivity index (χ2v) is 7.13. The number of morpholine rings is 1. The van der Waals surface area contributed by atoms with Gasteiger partial charge in [0.05, 0.1) is 13.2 Å². The minimum absolute atomic E-state index is 0.0826. The summed E-state index contributed by atoms with van der Waals surface area (Å²) < 4.78 is 5.62. The Kier molecular flexibility index (Phi) is 7.01. The van der Waals surface area contributed by atoms with Gasteiger partial charge in [0.2, 0.25) is 11.8 Å². The predicted molar refractivity (Wildman–Crippen MR) is 105 cm³/mol. The molecule has 146 valence electrons. The van der Waals surface area contributed by atoms with Crippen LogP contribution in [0.5, 0.6) is 0 Å². The fourth-order valence-corrected chi connectivity index (χ4v) is 3.61. The zero-order valence-electron chi connectivity index (χ0n) is 16.0. The Balaban J connectivity index is 1.50. The molecule has 2 aliphatic rings. The first-order chi connectivity index (χ1) is 13.1. The van der Waals surface area contributed by atoms with Gasteiger partial charge in [0.1, 0.15) is 0 Å². The molecule has 1 unspecified atom stereocenters. The summed E-state index contributed by atoms with van der Waals surface area (Å²) in [7, 11) is 0. The molecule has 1 aromatic carbocycles. The topological polar surface area (TPSA) is 53.1 Å². The van der Waals surface area contributed by atoms with Gasteiger partial charge in [-0.15, -0.1) is 0 Å². The molecule has 2 amide bonds. The molecule has 27 heavy (non-hydrogen) atoms. The van der Waals surface area contributed by atoms with Crippen LogP contribution in [0.4, 0.5) is 0 Å². The van der Waals surface area contributed by atoms with E-state index in [0.717, 1.165) is 13.1 Å². The van der Waals surface area contributed by atoms with Gasteiger partial charge in [-0.05, 0) is 5.56 Å². The fraction of sp³-hybridized carbons (Fsp3) is 0.524. The van der Waals surface area contributed by atoms with E-state index >= 15 is 0 Å². The van der Waals surface area contributed by atoms with Gasteiger partial charge < -0.3 is 14.5 Å². The molecule has 1 atom stereocenters. The molecule has 1 aromatic rings. The molecular weight excluding hydrogens is 342 g/mol. The number of benzene rings is 1. The molecule has 3 rings (SSSR count). The molecule has 0 radical (unpaired) electrons. The normalized spacial score (nSPS) is 21.6. The molecule has 0 aliphatic carbocycles. The predicted octanol–water partition coefficient (Wildman–Crippen LogP) is 1.48. The molecule has 0 spiro atoms. The number of carbonyl (C=O) groups is 2. The van der Waals surface area contributed by atoms with E-state index < -0.39 is 0 Å². The lowest BCUT2D eigenvalue weighted by atomic mass is 10.1. The Bertz CT molecular complexity index is 654. The van der Waals surface area contributed by atoms with Crippen molar-refractivity contribution in [2.24, 2.45) is 0 Å². The van der Waals surface area contributed by atoms with E-state index in [1.807, 2.05) is 23.1 Å². The molecule has 0 bridgehead atoms. The minimum atomic E-state index is 0.0826. The van der Waals surface area contributed by atoms with E-state index in [2.05, 4.69) is 29.2 Å². The smallest absolute Gasteiger partial charge is 0.224 e. The molecule has 2 saturated heterocycles. The number of amides is 2. The first-order valence-corrected chi connectivity index (χ1v) is 9.70. The first-order valence-electron chi connectivity index (χ1n) is 9.70. The monoisotopic (exact) mass is 371 g/mol. The third kappa shape index (κ3) is 5.65. The third-order valence-electron chi connectivity index (χ3n) is 5.29. The van der Waals surface area contributed by atoms with Crippen LogP contribution in [0.3, 0.4) is 0 Å². The molecule has 0 aromatic heterocycles. The van der Waals surface area contributed by atoms with Crippen LogP contribution in [0.1, 0.15) is 18.9 Å². The maximum atomic E-state index is 12.7. The first kappa shape index (κ1) is 19.6. The lowest BCUT2D eigenvalue weighted by Gasteiger charge is -2.38. The second-order valence-electron chi connectivity index (χ2n) is 7.13. The van der Waals surface area contributed by atoms with Gasteiger partial charge in [0.25, 0.3) is 0 Å². The summed E-state index contributed by atoms with van der Waals surface area (Å²) in [6, 6.07) is 10.3. The number of piperazine rings is 1. The number of ether oxygens (including phenoxy) is 1. The number of nitrogens with zero attached hydrogens (tertiary/aromatic N) is 3. The minimum Gasteiger partial charge on any atom is -0.378 e. The molecule has 2 fully saturated rings. The Labute approximate surface area is 161 Å². The summed E-state index contributed by atoms with van der Waals surface area (Å²) in [5.41, 5.74) is 1.18. The van der Waals surface area contributed by atoms with E-state index in [1.54, 1.807) is 11.8 Å². The summed E-state index contributed by atoms with van der Waals surface area (Å²) in [6.45, 7) is 7.05. The molecule has 0 N–H and O–H groups in total. The van der Waals surface area contributed by atoms with E-state index in [4.69, 9.17) is 4.74 Å². The van der Waals surface area contributed by atoms with E-state index in [1.165, 1.54) is 5.56 Å². The van der Waals surface area contributed by atoms with Crippen LogP contribution in [-0.4, -0.2) is 85.0 Å². The van der Waals surface area contributed by atoms with Crippen LogP contribution >= 0.6 is 0 Å². The highest BCUT2D eigenvalue weighted by atomic mass is 16.5. The summed E-state index contributed by atoms with van der Waals surface area (Å²) in [5, 5.41) is 0. The number of hydrogen-bond donors (Lipinski definition) is 0. The molecule has 0 saturated carbocycles. The third-order valence-corrected chi connectivity index (χ3v) is 5.29. The standard InChI is InChI=1S/C21H29N3O3/c1-18(25)22-10-12-24(13-11-22)21(26)16-20-17-27-15-14-23(20)9-5-8-19-6-3-2-4-7-19/h2-8,20H,9-17H2,1H3/b8-5+. The van der Waals surface area contributed by atoms with Crippen molar-refractivity contribution in [3.05, 3.63) is 42.0 Å². The molecular formula is C21H29N3O3. The lowest BCUT2D eigenvalue weighted by Crippen LogP contribution is -2.52. The Hall–Kier alpha value is -2.18. The van der Waals surface area contributed by atoms with E-state index in [9.17, 15) is 9.59 Å². The highest BCUT2D eigenvalue weighted by Gasteiger charge is 2.28. The number of rotatable bonds is 5. The van der Waals surface area contributed by atoms with Gasteiger partial charge >= 0.3 is 0 Å². The summed E-state index contributed by atoms with van der Waals surface area (Å²) in [4.78, 5) is 30.1. The van der Waals surface area contributed by atoms with Gasteiger partial charge in [-0.3, -0.25) is 14.5 Å². The van der Waals surface area contributed by atoms with Gasteiger partial charge in [0.15, 0.2) is 0 Å². The summed E-state index contributed by atoms with van der Waals surface area (Å²) >= 11 is 0. The van der Waals surface area contributed by atoms with Crippen molar-refractivity contribution in [2.75, 3.05) is 52.5 Å². The average molecular weight is 371 g/mol. The van der Waals surface area contributed by atoms with Gasteiger partial charge in [0, 0.05) is 58.7 Å². The van der Waals surface area contributed by atoms with Gasteiger partial charge in [-0.25, -0.2) is 0 Å². The van der Waals surface area contributed by atoms with Crippen LogP contribution in [0, 0.1) is 0 Å². The Morgan fingerprint density at radius 1 is 1.07 bits per heavy atom. The molecule has 2 aliphatic heterocycles. The second kappa shape index (κ2) is 9.67. The molecule has 6 heteroatoms. The van der Waals surface area contributed by atoms with Gasteiger partial charge in [-0.2, -0.15) is 0 Å². The summed E-state index contributed by atoms with van der Waals surface area (Å²) in [6.07, 6.45) is 4.75.